The number of hydrogen-bond acceptors (Lipinski definition) is 4. The average Bonchev–Trinajstić information content (AvgIpc) is 2.88. The summed E-state index contributed by atoms with van der Waals surface area (Å²) in [6, 6.07) is 4.01. The van der Waals surface area contributed by atoms with Crippen molar-refractivity contribution in [3.05, 3.63) is 23.5 Å². The van der Waals surface area contributed by atoms with Gasteiger partial charge >= 0.3 is 0 Å². The van der Waals surface area contributed by atoms with Crippen molar-refractivity contribution in [3.63, 3.8) is 0 Å². The molecule has 3 heterocycles. The van der Waals surface area contributed by atoms with E-state index in [1.54, 1.807) is 23.9 Å². The average molecular weight is 288 g/mol. The molecule has 2 atom stereocenters. The van der Waals surface area contributed by atoms with Gasteiger partial charge < -0.3 is 14.2 Å². The van der Waals surface area contributed by atoms with E-state index in [0.717, 1.165) is 19.6 Å². The van der Waals surface area contributed by atoms with Gasteiger partial charge in [0.05, 0.1) is 24.3 Å². The van der Waals surface area contributed by atoms with Crippen LogP contribution >= 0.6 is 0 Å². The number of hydrogen-bond donors (Lipinski definition) is 0. The summed E-state index contributed by atoms with van der Waals surface area (Å²) in [5.41, 5.74) is 1.10. The van der Waals surface area contributed by atoms with Crippen LogP contribution in [0, 0.1) is 11.3 Å². The number of ether oxygens (including phenoxy) is 1. The number of carbonyl (C=O) groups is 1. The Bertz CT molecular complexity index is 589. The van der Waals surface area contributed by atoms with E-state index in [0.29, 0.717) is 24.3 Å². The van der Waals surface area contributed by atoms with Gasteiger partial charge in [0.1, 0.15) is 11.8 Å². The lowest BCUT2D eigenvalue weighted by atomic mass is 9.99. The molecule has 6 nitrogen and oxygen atoms in total. The van der Waals surface area contributed by atoms with Crippen molar-refractivity contribution in [2.24, 2.45) is 7.05 Å². The van der Waals surface area contributed by atoms with E-state index in [1.165, 1.54) is 0 Å². The number of nitrogens with zero attached hydrogens (tertiary/aromatic N) is 4. The van der Waals surface area contributed by atoms with Gasteiger partial charge in [-0.3, -0.25) is 9.69 Å². The van der Waals surface area contributed by atoms with Crippen LogP contribution < -0.4 is 0 Å². The Morgan fingerprint density at radius 3 is 2.95 bits per heavy atom. The third-order valence-corrected chi connectivity index (χ3v) is 4.50. The molecule has 1 amide bonds. The highest BCUT2D eigenvalue weighted by atomic mass is 16.5. The maximum Gasteiger partial charge on any atom is 0.270 e. The first kappa shape index (κ1) is 14.1. The highest BCUT2D eigenvalue weighted by molar-refractivity contribution is 5.93. The van der Waals surface area contributed by atoms with Gasteiger partial charge in [-0.15, -0.1) is 0 Å². The number of rotatable bonds is 1. The molecule has 2 saturated heterocycles. The van der Waals surface area contributed by atoms with Gasteiger partial charge in [0.15, 0.2) is 0 Å². The number of morpholine rings is 1. The Morgan fingerprint density at radius 1 is 1.43 bits per heavy atom. The van der Waals surface area contributed by atoms with Crippen LogP contribution in [-0.2, 0) is 11.8 Å². The number of carbonyl (C=O) groups excluding carboxylic acids is 1. The van der Waals surface area contributed by atoms with Gasteiger partial charge in [-0.05, 0) is 19.5 Å². The third-order valence-electron chi connectivity index (χ3n) is 4.50. The molecule has 1 aromatic rings. The molecular formula is C15H20N4O2. The van der Waals surface area contributed by atoms with Gasteiger partial charge in [-0.1, -0.05) is 0 Å². The van der Waals surface area contributed by atoms with E-state index < -0.39 is 0 Å². The van der Waals surface area contributed by atoms with Gasteiger partial charge in [-0.25, -0.2) is 0 Å². The molecule has 0 unspecified atom stereocenters. The van der Waals surface area contributed by atoms with E-state index in [9.17, 15) is 4.79 Å². The summed E-state index contributed by atoms with van der Waals surface area (Å²) >= 11 is 0. The minimum Gasteiger partial charge on any atom is -0.375 e. The number of amides is 1. The second-order valence-electron chi connectivity index (χ2n) is 5.83. The van der Waals surface area contributed by atoms with Crippen LogP contribution in [0.1, 0.15) is 22.5 Å². The molecule has 6 heteroatoms. The van der Waals surface area contributed by atoms with E-state index in [1.807, 2.05) is 4.90 Å². The topological polar surface area (TPSA) is 61.5 Å². The number of fused-ring (bicyclic) bond motifs is 1. The summed E-state index contributed by atoms with van der Waals surface area (Å²) in [7, 11) is 3.89. The fourth-order valence-electron chi connectivity index (χ4n) is 3.23. The van der Waals surface area contributed by atoms with Crippen molar-refractivity contribution in [2.45, 2.75) is 18.6 Å². The molecule has 2 aliphatic heterocycles. The molecule has 1 aromatic heterocycles. The molecule has 2 aliphatic rings. The first-order valence-electron chi connectivity index (χ1n) is 7.27. The number of likely N-dealkylation sites (tertiary alicyclic amines) is 1. The minimum absolute atomic E-state index is 0.00331. The number of nitriles is 1. The van der Waals surface area contributed by atoms with Crippen LogP contribution in [0.15, 0.2) is 12.3 Å². The molecule has 0 aromatic carbocycles. The molecule has 2 fully saturated rings. The van der Waals surface area contributed by atoms with E-state index in [2.05, 4.69) is 18.0 Å². The van der Waals surface area contributed by atoms with Crippen LogP contribution in [0.5, 0.6) is 0 Å². The summed E-state index contributed by atoms with van der Waals surface area (Å²) in [5, 5.41) is 8.95. The van der Waals surface area contributed by atoms with E-state index >= 15 is 0 Å². The lowest BCUT2D eigenvalue weighted by Crippen LogP contribution is -2.59. The van der Waals surface area contributed by atoms with Gasteiger partial charge in [-0.2, -0.15) is 5.26 Å². The Hall–Kier alpha value is -1.84. The molecular weight excluding hydrogens is 268 g/mol. The predicted octanol–water partition coefficient (Wildman–Crippen LogP) is 0.442. The first-order chi connectivity index (χ1) is 10.1. The van der Waals surface area contributed by atoms with Gasteiger partial charge in [0, 0.05) is 32.9 Å². The van der Waals surface area contributed by atoms with Crippen LogP contribution in [0.3, 0.4) is 0 Å². The Balaban J connectivity index is 1.76. The van der Waals surface area contributed by atoms with Gasteiger partial charge in [0.25, 0.3) is 5.91 Å². The van der Waals surface area contributed by atoms with Crippen molar-refractivity contribution < 1.29 is 9.53 Å². The SMILES string of the molecule is CN1CCO[C@@H]2CCN(C(=O)c3cc(C#N)cn3C)C[C@H]21. The first-order valence-corrected chi connectivity index (χ1v) is 7.27. The fraction of sp³-hybridized carbons (Fsp3) is 0.600. The second-order valence-corrected chi connectivity index (χ2v) is 5.83. The summed E-state index contributed by atoms with van der Waals surface area (Å²) in [6.07, 6.45) is 2.79. The van der Waals surface area contributed by atoms with Crippen molar-refractivity contribution >= 4 is 5.91 Å². The lowest BCUT2D eigenvalue weighted by Gasteiger charge is -2.45. The minimum atomic E-state index is -0.00331. The summed E-state index contributed by atoms with van der Waals surface area (Å²) in [4.78, 5) is 16.8. The zero-order chi connectivity index (χ0) is 15.0. The maximum atomic E-state index is 12.7. The molecule has 3 rings (SSSR count). The molecule has 0 saturated carbocycles. The summed E-state index contributed by atoms with van der Waals surface area (Å²) in [6.45, 7) is 3.08. The zero-order valence-electron chi connectivity index (χ0n) is 12.5. The maximum absolute atomic E-state index is 12.7. The van der Waals surface area contributed by atoms with Crippen molar-refractivity contribution in [2.75, 3.05) is 33.3 Å². The monoisotopic (exact) mass is 288 g/mol. The van der Waals surface area contributed by atoms with Crippen LogP contribution in [0.2, 0.25) is 0 Å². The van der Waals surface area contributed by atoms with Gasteiger partial charge in [0.2, 0.25) is 0 Å². The smallest absolute Gasteiger partial charge is 0.270 e. The summed E-state index contributed by atoms with van der Waals surface area (Å²) in [5.74, 6) is -0.00331. The molecule has 0 aliphatic carbocycles. The Labute approximate surface area is 124 Å². The second kappa shape index (κ2) is 5.51. The third kappa shape index (κ3) is 2.55. The predicted molar refractivity (Wildman–Crippen MR) is 76.8 cm³/mol. The lowest BCUT2D eigenvalue weighted by molar-refractivity contribution is -0.0894. The molecule has 0 spiro atoms. The Morgan fingerprint density at radius 2 is 2.24 bits per heavy atom. The summed E-state index contributed by atoms with van der Waals surface area (Å²) < 4.78 is 7.53. The standard InChI is InChI=1S/C15H20N4O2/c1-17-5-6-21-14-3-4-19(10-13(14)17)15(20)12-7-11(8-16)9-18(12)2/h7,9,13-14H,3-6,10H2,1-2H3/t13-,14-/m1/s1. The van der Waals surface area contributed by atoms with E-state index in [-0.39, 0.29) is 18.1 Å². The van der Waals surface area contributed by atoms with Crippen LogP contribution in [0.4, 0.5) is 0 Å². The highest BCUT2D eigenvalue weighted by Gasteiger charge is 2.37. The Kier molecular flexibility index (Phi) is 3.70. The number of piperidine rings is 1. The van der Waals surface area contributed by atoms with Crippen LogP contribution in [-0.4, -0.2) is 65.7 Å². The normalized spacial score (nSPS) is 26.2. The van der Waals surface area contributed by atoms with Crippen molar-refractivity contribution in [3.8, 4) is 6.07 Å². The molecule has 0 N–H and O–H groups in total. The molecule has 21 heavy (non-hydrogen) atoms. The molecule has 0 radical (unpaired) electrons. The zero-order valence-corrected chi connectivity index (χ0v) is 12.5. The van der Waals surface area contributed by atoms with Crippen molar-refractivity contribution in [1.82, 2.24) is 14.4 Å². The quantitative estimate of drug-likeness (QED) is 0.752. The van der Waals surface area contributed by atoms with Crippen LogP contribution in [0.25, 0.3) is 0 Å². The number of likely N-dealkylation sites (N-methyl/N-ethyl adjacent to an activating group) is 1. The highest BCUT2D eigenvalue weighted by Crippen LogP contribution is 2.23. The van der Waals surface area contributed by atoms with E-state index in [4.69, 9.17) is 10.00 Å². The number of aryl methyl sites for hydroxylation is 1. The largest absolute Gasteiger partial charge is 0.375 e. The molecule has 0 bridgehead atoms. The molecule has 112 valence electrons. The van der Waals surface area contributed by atoms with Crippen molar-refractivity contribution in [1.29, 1.82) is 5.26 Å². The fourth-order valence-corrected chi connectivity index (χ4v) is 3.23. The number of aromatic nitrogens is 1.